The van der Waals surface area contributed by atoms with E-state index in [0.29, 0.717) is 18.9 Å². The molecule has 1 atom stereocenters. The van der Waals surface area contributed by atoms with Gasteiger partial charge in [-0.1, -0.05) is 12.8 Å². The molecule has 0 amide bonds. The minimum atomic E-state index is -0.887. The van der Waals surface area contributed by atoms with Crippen LogP contribution in [0.2, 0.25) is 0 Å². The predicted molar refractivity (Wildman–Crippen MR) is 40.0 cm³/mol. The predicted octanol–water partition coefficient (Wildman–Crippen LogP) is 0.710. The first kappa shape index (κ1) is 8.53. The van der Waals surface area contributed by atoms with Gasteiger partial charge in [0.25, 0.3) is 0 Å². The maximum absolute atomic E-state index is 10.8. The summed E-state index contributed by atoms with van der Waals surface area (Å²) in [7, 11) is 0. The third-order valence-corrected chi connectivity index (χ3v) is 1.81. The van der Waals surface area contributed by atoms with Crippen molar-refractivity contribution in [1.82, 2.24) is 0 Å². The number of aliphatic hydroxyl groups is 1. The van der Waals surface area contributed by atoms with Crippen LogP contribution in [-0.4, -0.2) is 23.8 Å². The highest BCUT2D eigenvalue weighted by Gasteiger charge is 2.28. The maximum atomic E-state index is 10.8. The molecule has 1 saturated carbocycles. The summed E-state index contributed by atoms with van der Waals surface area (Å²) in [4.78, 5) is 10.8. The molecule has 0 radical (unpaired) electrons. The maximum Gasteiger partial charge on any atom is 0.334 e. The SMILES string of the molecule is CCOC(=O)[C@@H](O)CC1CC1. The Labute approximate surface area is 66.4 Å². The molecule has 1 N–H and O–H groups in total. The fraction of sp³-hybridized carbons (Fsp3) is 0.875. The Balaban J connectivity index is 2.15. The van der Waals surface area contributed by atoms with E-state index in [1.54, 1.807) is 6.92 Å². The number of rotatable bonds is 4. The minimum absolute atomic E-state index is 0.348. The Morgan fingerprint density at radius 1 is 1.73 bits per heavy atom. The van der Waals surface area contributed by atoms with Crippen molar-refractivity contribution in [3.05, 3.63) is 0 Å². The van der Waals surface area contributed by atoms with Gasteiger partial charge in [-0.15, -0.1) is 0 Å². The topological polar surface area (TPSA) is 46.5 Å². The summed E-state index contributed by atoms with van der Waals surface area (Å²) in [5.74, 6) is 0.0915. The second-order valence-corrected chi connectivity index (χ2v) is 2.95. The quantitative estimate of drug-likeness (QED) is 0.613. The van der Waals surface area contributed by atoms with Gasteiger partial charge in [0, 0.05) is 0 Å². The van der Waals surface area contributed by atoms with Crippen LogP contribution in [0.3, 0.4) is 0 Å². The first-order valence-electron chi connectivity index (χ1n) is 4.08. The van der Waals surface area contributed by atoms with Gasteiger partial charge in [0.1, 0.15) is 0 Å². The van der Waals surface area contributed by atoms with Gasteiger partial charge in [0.2, 0.25) is 0 Å². The molecule has 3 nitrogen and oxygen atoms in total. The summed E-state index contributed by atoms with van der Waals surface area (Å²) in [5, 5.41) is 9.18. The van der Waals surface area contributed by atoms with E-state index in [1.165, 1.54) is 0 Å². The summed E-state index contributed by atoms with van der Waals surface area (Å²) in [6.07, 6.45) is 1.99. The average molecular weight is 158 g/mol. The molecule has 1 rings (SSSR count). The third-order valence-electron chi connectivity index (χ3n) is 1.81. The van der Waals surface area contributed by atoms with Crippen molar-refractivity contribution < 1.29 is 14.6 Å². The van der Waals surface area contributed by atoms with Crippen molar-refractivity contribution in [3.63, 3.8) is 0 Å². The van der Waals surface area contributed by atoms with Gasteiger partial charge < -0.3 is 9.84 Å². The van der Waals surface area contributed by atoms with Crippen LogP contribution in [-0.2, 0) is 9.53 Å². The highest BCUT2D eigenvalue weighted by atomic mass is 16.5. The molecule has 0 bridgehead atoms. The monoisotopic (exact) mass is 158 g/mol. The first-order chi connectivity index (χ1) is 5.24. The molecule has 0 heterocycles. The number of carbonyl (C=O) groups excluding carboxylic acids is 1. The molecule has 1 aliphatic carbocycles. The molecular weight excluding hydrogens is 144 g/mol. The smallest absolute Gasteiger partial charge is 0.334 e. The normalized spacial score (nSPS) is 19.5. The van der Waals surface area contributed by atoms with Crippen molar-refractivity contribution in [1.29, 1.82) is 0 Å². The number of hydrogen-bond acceptors (Lipinski definition) is 3. The summed E-state index contributed by atoms with van der Waals surface area (Å²) in [5.41, 5.74) is 0. The van der Waals surface area contributed by atoms with Gasteiger partial charge in [-0.05, 0) is 19.3 Å². The van der Waals surface area contributed by atoms with Crippen LogP contribution in [0, 0.1) is 5.92 Å². The second-order valence-electron chi connectivity index (χ2n) is 2.95. The van der Waals surface area contributed by atoms with Gasteiger partial charge in [-0.25, -0.2) is 4.79 Å². The zero-order chi connectivity index (χ0) is 8.27. The number of aliphatic hydroxyl groups excluding tert-OH is 1. The third kappa shape index (κ3) is 2.89. The highest BCUT2D eigenvalue weighted by molar-refractivity contribution is 5.74. The standard InChI is InChI=1S/C8H14O3/c1-2-11-8(10)7(9)5-6-3-4-6/h6-7,9H,2-5H2,1H3/t7-/m0/s1. The average Bonchev–Trinajstić information content (AvgIpc) is 2.72. The van der Waals surface area contributed by atoms with Gasteiger partial charge in [0.05, 0.1) is 6.61 Å². The van der Waals surface area contributed by atoms with E-state index in [2.05, 4.69) is 4.74 Å². The number of ether oxygens (including phenoxy) is 1. The fourth-order valence-corrected chi connectivity index (χ4v) is 1.00. The summed E-state index contributed by atoms with van der Waals surface area (Å²) >= 11 is 0. The molecule has 0 aliphatic heterocycles. The largest absolute Gasteiger partial charge is 0.464 e. The van der Waals surface area contributed by atoms with E-state index >= 15 is 0 Å². The Morgan fingerprint density at radius 3 is 2.82 bits per heavy atom. The lowest BCUT2D eigenvalue weighted by Gasteiger charge is -2.07. The molecule has 1 aliphatic rings. The van der Waals surface area contributed by atoms with Crippen LogP contribution >= 0.6 is 0 Å². The van der Waals surface area contributed by atoms with Crippen molar-refractivity contribution in [3.8, 4) is 0 Å². The molecule has 0 aromatic rings. The molecular formula is C8H14O3. The lowest BCUT2D eigenvalue weighted by molar-refractivity contribution is -0.153. The Bertz CT molecular complexity index is 140. The van der Waals surface area contributed by atoms with Crippen LogP contribution in [0.5, 0.6) is 0 Å². The molecule has 0 spiro atoms. The second kappa shape index (κ2) is 3.72. The van der Waals surface area contributed by atoms with E-state index in [0.717, 1.165) is 12.8 Å². The summed E-state index contributed by atoms with van der Waals surface area (Å²) < 4.78 is 4.64. The summed E-state index contributed by atoms with van der Waals surface area (Å²) in [6.45, 7) is 2.09. The molecule has 0 saturated heterocycles. The van der Waals surface area contributed by atoms with Crippen molar-refractivity contribution >= 4 is 5.97 Å². The van der Waals surface area contributed by atoms with Crippen LogP contribution in [0.1, 0.15) is 26.2 Å². The van der Waals surface area contributed by atoms with Crippen LogP contribution in [0.4, 0.5) is 0 Å². The fourth-order valence-electron chi connectivity index (χ4n) is 1.00. The molecule has 64 valence electrons. The van der Waals surface area contributed by atoms with Gasteiger partial charge >= 0.3 is 5.97 Å². The van der Waals surface area contributed by atoms with Crippen molar-refractivity contribution in [2.45, 2.75) is 32.3 Å². The van der Waals surface area contributed by atoms with Crippen LogP contribution < -0.4 is 0 Å². The zero-order valence-corrected chi connectivity index (χ0v) is 6.75. The molecule has 11 heavy (non-hydrogen) atoms. The molecule has 1 fully saturated rings. The lowest BCUT2D eigenvalue weighted by Crippen LogP contribution is -2.23. The van der Waals surface area contributed by atoms with Crippen molar-refractivity contribution in [2.75, 3.05) is 6.61 Å². The molecule has 0 aromatic heterocycles. The van der Waals surface area contributed by atoms with E-state index in [1.807, 2.05) is 0 Å². The lowest BCUT2D eigenvalue weighted by atomic mass is 10.2. The van der Waals surface area contributed by atoms with E-state index in [-0.39, 0.29) is 0 Å². The van der Waals surface area contributed by atoms with Crippen LogP contribution in [0.15, 0.2) is 0 Å². The van der Waals surface area contributed by atoms with Crippen LogP contribution in [0.25, 0.3) is 0 Å². The van der Waals surface area contributed by atoms with E-state index in [4.69, 9.17) is 0 Å². The van der Waals surface area contributed by atoms with Gasteiger partial charge in [-0.2, -0.15) is 0 Å². The number of carbonyl (C=O) groups is 1. The zero-order valence-electron chi connectivity index (χ0n) is 6.75. The molecule has 3 heteroatoms. The van der Waals surface area contributed by atoms with E-state index in [9.17, 15) is 9.90 Å². The Hall–Kier alpha value is -0.570. The highest BCUT2D eigenvalue weighted by Crippen LogP contribution is 2.33. The molecule has 0 aromatic carbocycles. The number of esters is 1. The Kier molecular flexibility index (Phi) is 2.88. The summed E-state index contributed by atoms with van der Waals surface area (Å²) in [6, 6.07) is 0. The van der Waals surface area contributed by atoms with Gasteiger partial charge in [0.15, 0.2) is 6.10 Å². The van der Waals surface area contributed by atoms with Gasteiger partial charge in [-0.3, -0.25) is 0 Å². The molecule has 0 unspecified atom stereocenters. The first-order valence-corrected chi connectivity index (χ1v) is 4.08. The Morgan fingerprint density at radius 2 is 2.36 bits per heavy atom. The number of hydrogen-bond donors (Lipinski definition) is 1. The minimum Gasteiger partial charge on any atom is -0.464 e. The van der Waals surface area contributed by atoms with E-state index < -0.39 is 12.1 Å². The van der Waals surface area contributed by atoms with Crippen molar-refractivity contribution in [2.24, 2.45) is 5.92 Å².